The summed E-state index contributed by atoms with van der Waals surface area (Å²) in [4.78, 5) is 30.4. The third-order valence-electron chi connectivity index (χ3n) is 4.79. The second kappa shape index (κ2) is 9.65. The van der Waals surface area contributed by atoms with Crippen molar-refractivity contribution >= 4 is 29.0 Å². The number of nitrogens with zero attached hydrogens (tertiary/aromatic N) is 2. The second-order valence-corrected chi connectivity index (χ2v) is 7.91. The molecule has 2 amide bonds. The van der Waals surface area contributed by atoms with Gasteiger partial charge < -0.3 is 9.47 Å². The number of benzene rings is 2. The number of halogens is 1. The summed E-state index contributed by atoms with van der Waals surface area (Å²) >= 11 is 0.825. The van der Waals surface area contributed by atoms with Crippen LogP contribution in [-0.4, -0.2) is 28.1 Å². The number of hydrogen-bond acceptors (Lipinski definition) is 6. The van der Waals surface area contributed by atoms with Crippen molar-refractivity contribution in [1.82, 2.24) is 9.88 Å². The van der Waals surface area contributed by atoms with Crippen LogP contribution in [0.2, 0.25) is 0 Å². The van der Waals surface area contributed by atoms with Gasteiger partial charge in [-0.15, -0.1) is 0 Å². The molecule has 32 heavy (non-hydrogen) atoms. The molecule has 0 atom stereocenters. The van der Waals surface area contributed by atoms with Crippen LogP contribution < -0.4 is 9.47 Å². The molecule has 0 aliphatic carbocycles. The van der Waals surface area contributed by atoms with Gasteiger partial charge in [0.15, 0.2) is 11.5 Å². The highest BCUT2D eigenvalue weighted by molar-refractivity contribution is 8.18. The molecule has 2 aromatic carbocycles. The average molecular weight is 450 g/mol. The molecule has 1 aromatic heterocycles. The lowest BCUT2D eigenvalue weighted by Gasteiger charge is -2.13. The molecular weight excluding hydrogens is 431 g/mol. The van der Waals surface area contributed by atoms with Gasteiger partial charge in [-0.25, -0.2) is 4.39 Å². The number of hydrogen-bond donors (Lipinski definition) is 0. The number of carbonyl (C=O) groups excluding carboxylic acids is 2. The highest BCUT2D eigenvalue weighted by atomic mass is 32.2. The van der Waals surface area contributed by atoms with Gasteiger partial charge in [-0.2, -0.15) is 0 Å². The van der Waals surface area contributed by atoms with Crippen molar-refractivity contribution in [3.05, 3.63) is 94.4 Å². The van der Waals surface area contributed by atoms with Crippen LogP contribution in [0.25, 0.3) is 6.08 Å². The number of ether oxygens (including phenoxy) is 2. The molecule has 162 valence electrons. The number of rotatable bonds is 7. The van der Waals surface area contributed by atoms with E-state index >= 15 is 0 Å². The lowest BCUT2D eigenvalue weighted by molar-refractivity contribution is -0.123. The normalized spacial score (nSPS) is 14.8. The summed E-state index contributed by atoms with van der Waals surface area (Å²) in [5, 5.41) is -0.436. The van der Waals surface area contributed by atoms with Gasteiger partial charge in [-0.1, -0.05) is 24.3 Å². The Morgan fingerprint density at radius 3 is 2.59 bits per heavy atom. The van der Waals surface area contributed by atoms with E-state index in [1.807, 2.05) is 12.1 Å². The highest BCUT2D eigenvalue weighted by Crippen LogP contribution is 2.35. The molecule has 1 fully saturated rings. The Labute approximate surface area is 188 Å². The van der Waals surface area contributed by atoms with Crippen LogP contribution in [0.15, 0.2) is 71.9 Å². The topological polar surface area (TPSA) is 68.7 Å². The maximum absolute atomic E-state index is 13.9. The first-order valence-electron chi connectivity index (χ1n) is 9.73. The molecule has 0 unspecified atom stereocenters. The van der Waals surface area contributed by atoms with Gasteiger partial charge in [-0.3, -0.25) is 19.5 Å². The minimum Gasteiger partial charge on any atom is -0.493 e. The molecule has 0 radical (unpaired) electrons. The average Bonchev–Trinajstić information content (AvgIpc) is 3.07. The Bertz CT molecular complexity index is 1180. The van der Waals surface area contributed by atoms with Crippen molar-refractivity contribution in [2.75, 3.05) is 7.11 Å². The summed E-state index contributed by atoms with van der Waals surface area (Å²) in [6.07, 6.45) is 5.00. The van der Waals surface area contributed by atoms with Gasteiger partial charge in [0.25, 0.3) is 11.1 Å². The molecule has 6 nitrogen and oxygen atoms in total. The summed E-state index contributed by atoms with van der Waals surface area (Å²) < 4.78 is 25.2. The van der Waals surface area contributed by atoms with Crippen molar-refractivity contribution in [3.8, 4) is 11.5 Å². The third-order valence-corrected chi connectivity index (χ3v) is 5.70. The first kappa shape index (κ1) is 21.6. The molecule has 8 heteroatoms. The smallest absolute Gasteiger partial charge is 0.293 e. The van der Waals surface area contributed by atoms with Crippen molar-refractivity contribution in [2.24, 2.45) is 0 Å². The fourth-order valence-electron chi connectivity index (χ4n) is 3.12. The molecule has 0 N–H and O–H groups in total. The van der Waals surface area contributed by atoms with Crippen LogP contribution in [0.5, 0.6) is 11.5 Å². The number of thioether (sulfide) groups is 1. The zero-order valence-electron chi connectivity index (χ0n) is 17.2. The van der Waals surface area contributed by atoms with E-state index in [-0.39, 0.29) is 17.0 Å². The summed E-state index contributed by atoms with van der Waals surface area (Å²) in [6.45, 7) is 0.243. The monoisotopic (exact) mass is 450 g/mol. The predicted molar refractivity (Wildman–Crippen MR) is 119 cm³/mol. The molecule has 1 aliphatic rings. The number of imide groups is 1. The number of methoxy groups -OCH3 is 1. The van der Waals surface area contributed by atoms with Crippen LogP contribution in [0.4, 0.5) is 9.18 Å². The lowest BCUT2D eigenvalue weighted by Crippen LogP contribution is -2.27. The lowest BCUT2D eigenvalue weighted by atomic mass is 10.1. The quantitative estimate of drug-likeness (QED) is 0.470. The van der Waals surface area contributed by atoms with E-state index in [0.717, 1.165) is 22.2 Å². The Kier molecular flexibility index (Phi) is 6.51. The zero-order chi connectivity index (χ0) is 22.5. The molecule has 1 aliphatic heterocycles. The Morgan fingerprint density at radius 1 is 1.06 bits per heavy atom. The Balaban J connectivity index is 1.50. The summed E-state index contributed by atoms with van der Waals surface area (Å²) in [6, 6.07) is 15.0. The van der Waals surface area contributed by atoms with Gasteiger partial charge >= 0.3 is 0 Å². The zero-order valence-corrected chi connectivity index (χ0v) is 18.0. The van der Waals surface area contributed by atoms with E-state index in [4.69, 9.17) is 9.47 Å². The minimum atomic E-state index is -0.458. The van der Waals surface area contributed by atoms with Gasteiger partial charge in [0.2, 0.25) is 0 Å². The molecular formula is C24H19FN2O4S. The van der Waals surface area contributed by atoms with Crippen LogP contribution in [-0.2, 0) is 17.9 Å². The van der Waals surface area contributed by atoms with Crippen molar-refractivity contribution < 1.29 is 23.5 Å². The minimum absolute atomic E-state index is 0.111. The third kappa shape index (κ3) is 4.81. The van der Waals surface area contributed by atoms with Crippen LogP contribution >= 0.6 is 11.8 Å². The van der Waals surface area contributed by atoms with Gasteiger partial charge in [0.1, 0.15) is 12.4 Å². The molecule has 2 heterocycles. The van der Waals surface area contributed by atoms with E-state index in [1.165, 1.54) is 13.2 Å². The first-order chi connectivity index (χ1) is 15.5. The maximum atomic E-state index is 13.9. The first-order valence-corrected chi connectivity index (χ1v) is 10.6. The molecule has 0 spiro atoms. The van der Waals surface area contributed by atoms with Crippen molar-refractivity contribution in [2.45, 2.75) is 13.2 Å². The Hall–Kier alpha value is -3.65. The van der Waals surface area contributed by atoms with Crippen molar-refractivity contribution in [1.29, 1.82) is 0 Å². The molecule has 3 aromatic rings. The summed E-state index contributed by atoms with van der Waals surface area (Å²) in [5.41, 5.74) is 1.93. The Morgan fingerprint density at radius 2 is 1.84 bits per heavy atom. The SMILES string of the molecule is COc1cc(/C=C2/SC(=O)N(Cc3ccccc3F)C2=O)ccc1OCc1ccncc1. The number of pyridine rings is 1. The molecule has 0 bridgehead atoms. The van der Waals surface area contributed by atoms with E-state index in [2.05, 4.69) is 4.98 Å². The fourth-order valence-corrected chi connectivity index (χ4v) is 3.96. The van der Waals surface area contributed by atoms with Gasteiger partial charge in [0, 0.05) is 18.0 Å². The van der Waals surface area contributed by atoms with Crippen molar-refractivity contribution in [3.63, 3.8) is 0 Å². The van der Waals surface area contributed by atoms with E-state index in [1.54, 1.807) is 54.9 Å². The number of carbonyl (C=O) groups is 2. The number of amides is 2. The fraction of sp³-hybridized carbons (Fsp3) is 0.125. The van der Waals surface area contributed by atoms with Crippen LogP contribution in [0.1, 0.15) is 16.7 Å². The van der Waals surface area contributed by atoms with E-state index in [9.17, 15) is 14.0 Å². The molecule has 4 rings (SSSR count). The standard InChI is InChI=1S/C24H19FN2O4S/c1-30-21-12-17(6-7-20(21)31-15-16-8-10-26-11-9-16)13-22-23(28)27(24(29)32-22)14-18-4-2-3-5-19(18)25/h2-13H,14-15H2,1H3/b22-13+. The highest BCUT2D eigenvalue weighted by Gasteiger charge is 2.35. The van der Waals surface area contributed by atoms with Crippen LogP contribution in [0.3, 0.4) is 0 Å². The molecule has 1 saturated heterocycles. The van der Waals surface area contributed by atoms with Gasteiger partial charge in [-0.05, 0) is 59.3 Å². The van der Waals surface area contributed by atoms with Crippen LogP contribution in [0, 0.1) is 5.82 Å². The van der Waals surface area contributed by atoms with Gasteiger partial charge in [0.05, 0.1) is 18.6 Å². The second-order valence-electron chi connectivity index (χ2n) is 6.91. The number of aromatic nitrogens is 1. The van der Waals surface area contributed by atoms with E-state index < -0.39 is 17.0 Å². The summed E-state index contributed by atoms with van der Waals surface area (Å²) in [5.74, 6) is 0.135. The van der Waals surface area contributed by atoms with E-state index in [0.29, 0.717) is 23.7 Å². The summed E-state index contributed by atoms with van der Waals surface area (Å²) in [7, 11) is 1.53. The predicted octanol–water partition coefficient (Wildman–Crippen LogP) is 5.04. The molecule has 0 saturated carbocycles. The maximum Gasteiger partial charge on any atom is 0.293 e. The largest absolute Gasteiger partial charge is 0.493 e.